The molecule has 1 unspecified atom stereocenters. The van der Waals surface area contributed by atoms with Crippen molar-refractivity contribution in [1.29, 1.82) is 0 Å². The molecule has 0 saturated carbocycles. The Balaban J connectivity index is 1.30. The van der Waals surface area contributed by atoms with Crippen molar-refractivity contribution in [2.24, 2.45) is 14.1 Å². The van der Waals surface area contributed by atoms with E-state index in [1.54, 1.807) is 35.6 Å². The fraction of sp³-hybridized carbons (Fsp3) is 0.320. The highest BCUT2D eigenvalue weighted by atomic mass is 16.5. The molecular weight excluding hydrogens is 402 g/mol. The van der Waals surface area contributed by atoms with Crippen LogP contribution in [0.3, 0.4) is 0 Å². The first kappa shape index (κ1) is 21.8. The van der Waals surface area contributed by atoms with Crippen LogP contribution >= 0.6 is 0 Å². The van der Waals surface area contributed by atoms with Crippen molar-refractivity contribution in [2.75, 3.05) is 13.2 Å². The number of hydrogen-bond donors (Lipinski definition) is 1. The topological polar surface area (TPSA) is 74.0 Å². The number of aromatic nitrogens is 4. The lowest BCUT2D eigenvalue weighted by atomic mass is 10.0. The van der Waals surface area contributed by atoms with Crippen LogP contribution < -0.4 is 15.7 Å². The SMILES string of the molecule is Cn1c(=O)n(C)c2cc(OCCCNC(CCc3cccnc3)c3cccnc3)ccc21. The summed E-state index contributed by atoms with van der Waals surface area (Å²) in [6.45, 7) is 1.43. The van der Waals surface area contributed by atoms with Crippen LogP contribution in [-0.2, 0) is 20.5 Å². The highest BCUT2D eigenvalue weighted by Crippen LogP contribution is 2.20. The van der Waals surface area contributed by atoms with Crippen LogP contribution in [0.2, 0.25) is 0 Å². The van der Waals surface area contributed by atoms with Crippen molar-refractivity contribution in [3.63, 3.8) is 0 Å². The second kappa shape index (κ2) is 10.2. The number of nitrogens with zero attached hydrogens (tertiary/aromatic N) is 4. The van der Waals surface area contributed by atoms with Crippen LogP contribution in [0.4, 0.5) is 0 Å². The summed E-state index contributed by atoms with van der Waals surface area (Å²) in [5, 5.41) is 3.65. The molecule has 32 heavy (non-hydrogen) atoms. The summed E-state index contributed by atoms with van der Waals surface area (Å²) in [6.07, 6.45) is 10.2. The van der Waals surface area contributed by atoms with Gasteiger partial charge in [-0.15, -0.1) is 0 Å². The minimum Gasteiger partial charge on any atom is -0.493 e. The van der Waals surface area contributed by atoms with Gasteiger partial charge in [0.1, 0.15) is 5.75 Å². The fourth-order valence-electron chi connectivity index (χ4n) is 3.94. The molecule has 0 aliphatic heterocycles. The van der Waals surface area contributed by atoms with Crippen LogP contribution in [0.25, 0.3) is 11.0 Å². The normalized spacial score (nSPS) is 12.2. The van der Waals surface area contributed by atoms with Crippen LogP contribution in [0, 0.1) is 0 Å². The van der Waals surface area contributed by atoms with Gasteiger partial charge in [0.15, 0.2) is 0 Å². The van der Waals surface area contributed by atoms with Gasteiger partial charge in [-0.2, -0.15) is 0 Å². The average molecular weight is 432 g/mol. The fourth-order valence-corrected chi connectivity index (χ4v) is 3.94. The molecule has 4 rings (SSSR count). The second-order valence-corrected chi connectivity index (χ2v) is 7.95. The Morgan fingerprint density at radius 1 is 1.00 bits per heavy atom. The van der Waals surface area contributed by atoms with Gasteiger partial charge < -0.3 is 10.1 Å². The van der Waals surface area contributed by atoms with Crippen molar-refractivity contribution in [3.05, 3.63) is 88.9 Å². The van der Waals surface area contributed by atoms with Gasteiger partial charge in [0.05, 0.1) is 17.6 Å². The van der Waals surface area contributed by atoms with E-state index in [9.17, 15) is 4.79 Å². The van der Waals surface area contributed by atoms with Crippen molar-refractivity contribution < 1.29 is 4.74 Å². The van der Waals surface area contributed by atoms with E-state index in [2.05, 4.69) is 27.4 Å². The number of benzene rings is 1. The van der Waals surface area contributed by atoms with E-state index in [4.69, 9.17) is 4.74 Å². The molecule has 7 nitrogen and oxygen atoms in total. The monoisotopic (exact) mass is 431 g/mol. The van der Waals surface area contributed by atoms with E-state index in [-0.39, 0.29) is 11.7 Å². The molecule has 0 radical (unpaired) electrons. The maximum atomic E-state index is 12.1. The summed E-state index contributed by atoms with van der Waals surface area (Å²) in [4.78, 5) is 20.6. The lowest BCUT2D eigenvalue weighted by molar-refractivity contribution is 0.304. The van der Waals surface area contributed by atoms with E-state index in [0.717, 1.165) is 42.6 Å². The average Bonchev–Trinajstić information content (AvgIpc) is 3.05. The molecule has 3 heterocycles. The molecule has 1 N–H and O–H groups in total. The van der Waals surface area contributed by atoms with Gasteiger partial charge in [-0.3, -0.25) is 19.1 Å². The van der Waals surface area contributed by atoms with Crippen molar-refractivity contribution in [3.8, 4) is 5.75 Å². The molecule has 0 aliphatic rings. The second-order valence-electron chi connectivity index (χ2n) is 7.95. The van der Waals surface area contributed by atoms with Gasteiger partial charge in [-0.25, -0.2) is 4.79 Å². The molecule has 0 fully saturated rings. The zero-order valence-corrected chi connectivity index (χ0v) is 18.6. The van der Waals surface area contributed by atoms with Gasteiger partial charge in [0, 0.05) is 51.0 Å². The number of aryl methyl sites for hydroxylation is 3. The number of fused-ring (bicyclic) bond motifs is 1. The summed E-state index contributed by atoms with van der Waals surface area (Å²) in [5.74, 6) is 0.777. The Morgan fingerprint density at radius 2 is 1.78 bits per heavy atom. The number of pyridine rings is 2. The number of hydrogen-bond acceptors (Lipinski definition) is 5. The smallest absolute Gasteiger partial charge is 0.328 e. The minimum absolute atomic E-state index is 0.0333. The van der Waals surface area contributed by atoms with Crippen LogP contribution in [-0.4, -0.2) is 32.3 Å². The van der Waals surface area contributed by atoms with E-state index in [1.165, 1.54) is 11.1 Å². The van der Waals surface area contributed by atoms with Crippen molar-refractivity contribution >= 4 is 11.0 Å². The van der Waals surface area contributed by atoms with Crippen LogP contribution in [0.15, 0.2) is 72.0 Å². The van der Waals surface area contributed by atoms with Crippen LogP contribution in [0.1, 0.15) is 30.0 Å². The van der Waals surface area contributed by atoms with Crippen LogP contribution in [0.5, 0.6) is 5.75 Å². The Hall–Kier alpha value is -3.45. The number of rotatable bonds is 10. The zero-order chi connectivity index (χ0) is 22.3. The van der Waals surface area contributed by atoms with Crippen molar-refractivity contribution in [2.45, 2.75) is 25.3 Å². The quantitative estimate of drug-likeness (QED) is 0.390. The number of nitrogens with one attached hydrogen (secondary N) is 1. The molecule has 7 heteroatoms. The van der Waals surface area contributed by atoms with Gasteiger partial charge in [0.2, 0.25) is 0 Å². The first-order chi connectivity index (χ1) is 15.6. The molecule has 4 aromatic rings. The van der Waals surface area contributed by atoms with Gasteiger partial charge in [-0.1, -0.05) is 12.1 Å². The Morgan fingerprint density at radius 3 is 2.53 bits per heavy atom. The molecule has 1 atom stereocenters. The molecule has 0 bridgehead atoms. The third-order valence-electron chi connectivity index (χ3n) is 5.76. The lowest BCUT2D eigenvalue weighted by Gasteiger charge is -2.19. The Bertz CT molecular complexity index is 1200. The van der Waals surface area contributed by atoms with Gasteiger partial charge >= 0.3 is 5.69 Å². The number of imidazole rings is 1. The molecule has 0 amide bonds. The molecular formula is C25H29N5O2. The predicted octanol–water partition coefficient (Wildman–Crippen LogP) is 3.40. The summed E-state index contributed by atoms with van der Waals surface area (Å²) in [5.41, 5.74) is 4.17. The number of ether oxygens (including phenoxy) is 1. The Labute approximate surface area is 187 Å². The van der Waals surface area contributed by atoms with E-state index in [1.807, 2.05) is 42.7 Å². The molecule has 3 aromatic heterocycles. The first-order valence-electron chi connectivity index (χ1n) is 10.9. The Kier molecular flexibility index (Phi) is 6.97. The predicted molar refractivity (Wildman–Crippen MR) is 126 cm³/mol. The van der Waals surface area contributed by atoms with Gasteiger partial charge in [0.25, 0.3) is 0 Å². The molecule has 166 valence electrons. The van der Waals surface area contributed by atoms with Gasteiger partial charge in [-0.05, 0) is 61.2 Å². The summed E-state index contributed by atoms with van der Waals surface area (Å²) in [7, 11) is 3.56. The zero-order valence-electron chi connectivity index (χ0n) is 18.6. The first-order valence-corrected chi connectivity index (χ1v) is 10.9. The van der Waals surface area contributed by atoms with E-state index < -0.39 is 0 Å². The highest BCUT2D eigenvalue weighted by Gasteiger charge is 2.12. The van der Waals surface area contributed by atoms with E-state index >= 15 is 0 Å². The largest absolute Gasteiger partial charge is 0.493 e. The molecule has 0 spiro atoms. The van der Waals surface area contributed by atoms with Crippen molar-refractivity contribution in [1.82, 2.24) is 24.4 Å². The highest BCUT2D eigenvalue weighted by molar-refractivity contribution is 5.77. The lowest BCUT2D eigenvalue weighted by Crippen LogP contribution is -2.24. The summed E-state index contributed by atoms with van der Waals surface area (Å²) >= 11 is 0. The summed E-state index contributed by atoms with van der Waals surface area (Å²) in [6, 6.07) is 14.2. The minimum atomic E-state index is -0.0333. The maximum absolute atomic E-state index is 12.1. The standard InChI is InChI=1S/C25H29N5O2/c1-29-23-11-9-21(16-24(23)30(2)25(29)31)32-15-5-14-28-22(20-7-4-13-27-18-20)10-8-19-6-3-12-26-17-19/h3-4,6-7,9,11-13,16-18,22,28H,5,8,10,14-15H2,1-2H3. The molecule has 0 aliphatic carbocycles. The third kappa shape index (κ3) is 5.06. The molecule has 1 aromatic carbocycles. The summed E-state index contributed by atoms with van der Waals surface area (Å²) < 4.78 is 9.24. The maximum Gasteiger partial charge on any atom is 0.328 e. The molecule has 0 saturated heterocycles. The van der Waals surface area contributed by atoms with E-state index in [0.29, 0.717) is 6.61 Å². The third-order valence-corrected chi connectivity index (χ3v) is 5.76.